The maximum absolute atomic E-state index is 5.30. The molecular formula is C12H17NOS. The molecule has 0 amide bonds. The van der Waals surface area contributed by atoms with Gasteiger partial charge in [0.1, 0.15) is 0 Å². The van der Waals surface area contributed by atoms with Crippen LogP contribution in [0.25, 0.3) is 0 Å². The zero-order chi connectivity index (χ0) is 10.3. The van der Waals surface area contributed by atoms with Gasteiger partial charge in [0, 0.05) is 29.8 Å². The van der Waals surface area contributed by atoms with E-state index in [0.29, 0.717) is 6.04 Å². The average molecular weight is 223 g/mol. The third-order valence-corrected chi connectivity index (χ3v) is 3.49. The molecular weight excluding hydrogens is 206 g/mol. The third-order valence-electron chi connectivity index (χ3n) is 2.48. The Morgan fingerprint density at radius 2 is 2.20 bits per heavy atom. The molecule has 1 saturated heterocycles. The number of benzene rings is 1. The molecule has 1 heterocycles. The molecule has 15 heavy (non-hydrogen) atoms. The summed E-state index contributed by atoms with van der Waals surface area (Å²) in [5.41, 5.74) is 0. The van der Waals surface area contributed by atoms with E-state index < -0.39 is 0 Å². The van der Waals surface area contributed by atoms with E-state index >= 15 is 0 Å². The predicted molar refractivity (Wildman–Crippen MR) is 64.4 cm³/mol. The van der Waals surface area contributed by atoms with Crippen LogP contribution in [0.5, 0.6) is 0 Å². The van der Waals surface area contributed by atoms with Gasteiger partial charge in [-0.05, 0) is 18.6 Å². The van der Waals surface area contributed by atoms with Crippen LogP contribution in [-0.2, 0) is 4.74 Å². The Labute approximate surface area is 95.4 Å². The van der Waals surface area contributed by atoms with Gasteiger partial charge in [0.15, 0.2) is 0 Å². The second kappa shape index (κ2) is 6.16. The largest absolute Gasteiger partial charge is 0.380 e. The first-order valence-electron chi connectivity index (χ1n) is 5.44. The summed E-state index contributed by atoms with van der Waals surface area (Å²) in [6, 6.07) is 11.1. The van der Waals surface area contributed by atoms with Gasteiger partial charge in [-0.25, -0.2) is 0 Å². The van der Waals surface area contributed by atoms with Crippen molar-refractivity contribution in [3.63, 3.8) is 0 Å². The van der Waals surface area contributed by atoms with Crippen molar-refractivity contribution in [1.82, 2.24) is 5.32 Å². The van der Waals surface area contributed by atoms with E-state index in [1.807, 2.05) is 11.8 Å². The molecule has 1 N–H and O–H groups in total. The number of hydrogen-bond acceptors (Lipinski definition) is 3. The van der Waals surface area contributed by atoms with Crippen molar-refractivity contribution < 1.29 is 4.74 Å². The molecule has 1 aromatic rings. The molecule has 0 aliphatic carbocycles. The highest BCUT2D eigenvalue weighted by Crippen LogP contribution is 2.16. The van der Waals surface area contributed by atoms with Crippen molar-refractivity contribution in [2.24, 2.45) is 0 Å². The van der Waals surface area contributed by atoms with Gasteiger partial charge in [0.25, 0.3) is 0 Å². The summed E-state index contributed by atoms with van der Waals surface area (Å²) in [6.07, 6.45) is 1.16. The molecule has 1 aliphatic rings. The van der Waals surface area contributed by atoms with E-state index in [2.05, 4.69) is 35.6 Å². The first-order valence-corrected chi connectivity index (χ1v) is 6.43. The van der Waals surface area contributed by atoms with Crippen molar-refractivity contribution in [3.8, 4) is 0 Å². The van der Waals surface area contributed by atoms with Crippen LogP contribution in [0.3, 0.4) is 0 Å². The fourth-order valence-corrected chi connectivity index (χ4v) is 2.45. The van der Waals surface area contributed by atoms with Crippen molar-refractivity contribution in [3.05, 3.63) is 30.3 Å². The molecule has 1 aliphatic heterocycles. The zero-order valence-electron chi connectivity index (χ0n) is 8.82. The number of nitrogens with one attached hydrogen (secondary N) is 1. The van der Waals surface area contributed by atoms with E-state index in [0.717, 1.165) is 31.9 Å². The van der Waals surface area contributed by atoms with Gasteiger partial charge in [0.2, 0.25) is 0 Å². The van der Waals surface area contributed by atoms with Crippen LogP contribution in [-0.4, -0.2) is 31.6 Å². The number of ether oxygens (including phenoxy) is 1. The van der Waals surface area contributed by atoms with Gasteiger partial charge >= 0.3 is 0 Å². The topological polar surface area (TPSA) is 21.3 Å². The highest BCUT2D eigenvalue weighted by atomic mass is 32.2. The van der Waals surface area contributed by atoms with Crippen LogP contribution in [0.1, 0.15) is 6.42 Å². The summed E-state index contributed by atoms with van der Waals surface area (Å²) in [4.78, 5) is 1.35. The van der Waals surface area contributed by atoms with Crippen molar-refractivity contribution in [2.45, 2.75) is 17.4 Å². The highest BCUT2D eigenvalue weighted by Gasteiger charge is 2.13. The highest BCUT2D eigenvalue weighted by molar-refractivity contribution is 7.99. The Hall–Kier alpha value is -0.510. The lowest BCUT2D eigenvalue weighted by molar-refractivity contribution is 0.190. The maximum Gasteiger partial charge on any atom is 0.0620 e. The summed E-state index contributed by atoms with van der Waals surface area (Å²) in [5, 5.41) is 3.51. The Morgan fingerprint density at radius 3 is 2.93 bits per heavy atom. The quantitative estimate of drug-likeness (QED) is 0.610. The number of rotatable bonds is 5. The summed E-state index contributed by atoms with van der Waals surface area (Å²) >= 11 is 1.90. The molecule has 2 nitrogen and oxygen atoms in total. The average Bonchev–Trinajstić information content (AvgIpc) is 2.79. The molecule has 2 rings (SSSR count). The molecule has 1 unspecified atom stereocenters. The summed E-state index contributed by atoms with van der Waals surface area (Å²) < 4.78 is 5.30. The fourth-order valence-electron chi connectivity index (χ4n) is 1.64. The van der Waals surface area contributed by atoms with Gasteiger partial charge in [0.05, 0.1) is 6.61 Å². The minimum Gasteiger partial charge on any atom is -0.380 e. The Bertz CT molecular complexity index is 272. The third kappa shape index (κ3) is 3.86. The molecule has 0 bridgehead atoms. The number of hydrogen-bond donors (Lipinski definition) is 1. The van der Waals surface area contributed by atoms with Gasteiger partial charge in [-0.1, -0.05) is 18.2 Å². The van der Waals surface area contributed by atoms with Crippen molar-refractivity contribution >= 4 is 11.8 Å². The predicted octanol–water partition coefficient (Wildman–Crippen LogP) is 2.16. The van der Waals surface area contributed by atoms with E-state index in [1.165, 1.54) is 4.90 Å². The van der Waals surface area contributed by atoms with Crippen LogP contribution >= 0.6 is 11.8 Å². The van der Waals surface area contributed by atoms with Gasteiger partial charge in [-0.2, -0.15) is 0 Å². The van der Waals surface area contributed by atoms with Crippen LogP contribution in [0.2, 0.25) is 0 Å². The summed E-state index contributed by atoms with van der Waals surface area (Å²) in [7, 11) is 0. The van der Waals surface area contributed by atoms with Crippen LogP contribution in [0.15, 0.2) is 35.2 Å². The van der Waals surface area contributed by atoms with Crippen LogP contribution < -0.4 is 5.32 Å². The smallest absolute Gasteiger partial charge is 0.0620 e. The lowest BCUT2D eigenvalue weighted by atomic mass is 10.3. The SMILES string of the molecule is c1ccc(SCCNC2CCOC2)cc1. The lowest BCUT2D eigenvalue weighted by Gasteiger charge is -2.09. The molecule has 1 atom stereocenters. The molecule has 1 aromatic carbocycles. The minimum absolute atomic E-state index is 0.585. The van der Waals surface area contributed by atoms with Gasteiger partial charge in [-0.15, -0.1) is 11.8 Å². The molecule has 1 fully saturated rings. The van der Waals surface area contributed by atoms with E-state index in [9.17, 15) is 0 Å². The standard InChI is InChI=1S/C12H17NOS/c1-2-4-12(5-3-1)15-9-7-13-11-6-8-14-10-11/h1-5,11,13H,6-10H2. The van der Waals surface area contributed by atoms with Gasteiger partial charge in [-0.3, -0.25) is 0 Å². The Morgan fingerprint density at radius 1 is 1.33 bits per heavy atom. The van der Waals surface area contributed by atoms with Crippen LogP contribution in [0, 0.1) is 0 Å². The van der Waals surface area contributed by atoms with E-state index in [1.54, 1.807) is 0 Å². The molecule has 82 valence electrons. The fraction of sp³-hybridized carbons (Fsp3) is 0.500. The van der Waals surface area contributed by atoms with Crippen LogP contribution in [0.4, 0.5) is 0 Å². The van der Waals surface area contributed by atoms with Gasteiger partial charge < -0.3 is 10.1 Å². The maximum atomic E-state index is 5.30. The normalized spacial score (nSPS) is 20.7. The second-order valence-corrected chi connectivity index (χ2v) is 4.84. The molecule has 0 saturated carbocycles. The Balaban J connectivity index is 1.59. The molecule has 0 spiro atoms. The first-order chi connectivity index (χ1) is 7.45. The van der Waals surface area contributed by atoms with E-state index in [4.69, 9.17) is 4.74 Å². The summed E-state index contributed by atoms with van der Waals surface area (Å²) in [6.45, 7) is 2.87. The van der Waals surface area contributed by atoms with Crippen molar-refractivity contribution in [1.29, 1.82) is 0 Å². The van der Waals surface area contributed by atoms with E-state index in [-0.39, 0.29) is 0 Å². The minimum atomic E-state index is 0.585. The Kier molecular flexibility index (Phi) is 4.51. The molecule has 3 heteroatoms. The summed E-state index contributed by atoms with van der Waals surface area (Å²) in [5.74, 6) is 1.13. The molecule has 0 radical (unpaired) electrons. The first kappa shape index (κ1) is 11.0. The zero-order valence-corrected chi connectivity index (χ0v) is 9.63. The molecule has 0 aromatic heterocycles. The second-order valence-electron chi connectivity index (χ2n) is 3.68. The van der Waals surface area contributed by atoms with Crippen molar-refractivity contribution in [2.75, 3.05) is 25.5 Å². The monoisotopic (exact) mass is 223 g/mol. The number of thioether (sulfide) groups is 1. The lowest BCUT2D eigenvalue weighted by Crippen LogP contribution is -2.30.